The normalized spacial score (nSPS) is 10.6. The number of hydrogen-bond acceptors (Lipinski definition) is 3. The molecular weight excluding hydrogens is 225 g/mol. The Hall–Kier alpha value is -1.36. The van der Waals surface area contributed by atoms with Crippen molar-refractivity contribution in [2.75, 3.05) is 5.75 Å². The monoisotopic (exact) mass is 237 g/mol. The Kier molecular flexibility index (Phi) is 3.56. The lowest BCUT2D eigenvalue weighted by Crippen LogP contribution is -1.85. The summed E-state index contributed by atoms with van der Waals surface area (Å²) in [7, 11) is 0. The minimum atomic E-state index is -0.286. The van der Waals surface area contributed by atoms with Crippen LogP contribution in [0.1, 0.15) is 13.3 Å². The molecule has 0 saturated heterocycles. The quantitative estimate of drug-likeness (QED) is 0.831. The molecule has 1 aromatic heterocycles. The molecule has 16 heavy (non-hydrogen) atoms. The summed E-state index contributed by atoms with van der Waals surface area (Å²) < 4.78 is 13.4. The first-order valence-electron chi connectivity index (χ1n) is 5.11. The standard InChI is InChI=1S/C11H12FN3S/c1-2-7-16-11-13-10(14-15-11)8-5-3-4-6-9(8)12/h3-6H,2,7H2,1H3,(H,13,14,15). The Bertz CT molecular complexity index is 470. The van der Waals surface area contributed by atoms with Gasteiger partial charge in [0.1, 0.15) is 5.82 Å². The van der Waals surface area contributed by atoms with Crippen LogP contribution in [-0.2, 0) is 0 Å². The van der Waals surface area contributed by atoms with Crippen molar-refractivity contribution in [2.45, 2.75) is 18.5 Å². The number of aromatic amines is 1. The molecule has 1 heterocycles. The molecular formula is C11H12FN3S. The van der Waals surface area contributed by atoms with Crippen molar-refractivity contribution in [1.29, 1.82) is 0 Å². The van der Waals surface area contributed by atoms with Crippen molar-refractivity contribution < 1.29 is 4.39 Å². The summed E-state index contributed by atoms with van der Waals surface area (Å²) in [6.07, 6.45) is 1.06. The number of aromatic nitrogens is 3. The minimum Gasteiger partial charge on any atom is -0.258 e. The van der Waals surface area contributed by atoms with Crippen molar-refractivity contribution >= 4 is 11.8 Å². The SMILES string of the molecule is CCCSc1n[nH]c(-c2ccccc2F)n1. The first-order chi connectivity index (χ1) is 7.81. The first-order valence-corrected chi connectivity index (χ1v) is 6.10. The molecule has 2 rings (SSSR count). The highest BCUT2D eigenvalue weighted by Crippen LogP contribution is 2.21. The molecule has 1 N–H and O–H groups in total. The number of H-pyrrole nitrogens is 1. The first kappa shape index (κ1) is 11.1. The van der Waals surface area contributed by atoms with Crippen molar-refractivity contribution in [3.8, 4) is 11.4 Å². The number of nitrogens with zero attached hydrogens (tertiary/aromatic N) is 2. The summed E-state index contributed by atoms with van der Waals surface area (Å²) in [5.41, 5.74) is 0.457. The van der Waals surface area contributed by atoms with E-state index in [0.717, 1.165) is 12.2 Å². The van der Waals surface area contributed by atoms with Gasteiger partial charge in [-0.2, -0.15) is 0 Å². The highest BCUT2D eigenvalue weighted by atomic mass is 32.2. The number of nitrogens with one attached hydrogen (secondary N) is 1. The van der Waals surface area contributed by atoms with Crippen LogP contribution in [0.5, 0.6) is 0 Å². The van der Waals surface area contributed by atoms with Gasteiger partial charge in [0.15, 0.2) is 5.82 Å². The molecule has 0 amide bonds. The van der Waals surface area contributed by atoms with E-state index in [1.165, 1.54) is 6.07 Å². The zero-order valence-electron chi connectivity index (χ0n) is 8.90. The Morgan fingerprint density at radius 1 is 1.38 bits per heavy atom. The van der Waals surface area contributed by atoms with E-state index in [0.29, 0.717) is 16.5 Å². The van der Waals surface area contributed by atoms with E-state index in [1.54, 1.807) is 30.0 Å². The molecule has 0 radical (unpaired) electrons. The van der Waals surface area contributed by atoms with E-state index in [9.17, 15) is 4.39 Å². The number of rotatable bonds is 4. The molecule has 5 heteroatoms. The molecule has 1 aromatic carbocycles. The third-order valence-electron chi connectivity index (χ3n) is 2.03. The molecule has 84 valence electrons. The van der Waals surface area contributed by atoms with E-state index in [1.807, 2.05) is 0 Å². The van der Waals surface area contributed by atoms with Gasteiger partial charge in [0, 0.05) is 5.75 Å². The van der Waals surface area contributed by atoms with Crippen LogP contribution < -0.4 is 0 Å². The Balaban J connectivity index is 2.22. The molecule has 0 spiro atoms. The fraction of sp³-hybridized carbons (Fsp3) is 0.273. The third-order valence-corrected chi connectivity index (χ3v) is 3.08. The van der Waals surface area contributed by atoms with Crippen molar-refractivity contribution in [2.24, 2.45) is 0 Å². The highest BCUT2D eigenvalue weighted by Gasteiger charge is 2.09. The van der Waals surface area contributed by atoms with E-state index in [2.05, 4.69) is 22.1 Å². The summed E-state index contributed by atoms with van der Waals surface area (Å²) in [5, 5.41) is 7.45. The topological polar surface area (TPSA) is 41.6 Å². The second kappa shape index (κ2) is 5.12. The number of benzene rings is 1. The smallest absolute Gasteiger partial charge is 0.208 e. The maximum Gasteiger partial charge on any atom is 0.208 e. The average molecular weight is 237 g/mol. The van der Waals surface area contributed by atoms with Gasteiger partial charge in [0.05, 0.1) is 5.56 Å². The van der Waals surface area contributed by atoms with Crippen LogP contribution in [0, 0.1) is 5.82 Å². The lowest BCUT2D eigenvalue weighted by molar-refractivity contribution is 0.630. The van der Waals surface area contributed by atoms with Gasteiger partial charge in [-0.1, -0.05) is 30.8 Å². The zero-order chi connectivity index (χ0) is 11.4. The number of thioether (sulfide) groups is 1. The highest BCUT2D eigenvalue weighted by molar-refractivity contribution is 7.99. The maximum absolute atomic E-state index is 13.4. The second-order valence-electron chi connectivity index (χ2n) is 3.29. The molecule has 0 fully saturated rings. The zero-order valence-corrected chi connectivity index (χ0v) is 9.72. The van der Waals surface area contributed by atoms with Gasteiger partial charge in [-0.25, -0.2) is 9.37 Å². The fourth-order valence-corrected chi connectivity index (χ4v) is 1.93. The van der Waals surface area contributed by atoms with Gasteiger partial charge in [-0.05, 0) is 18.6 Å². The van der Waals surface area contributed by atoms with Crippen molar-refractivity contribution in [3.63, 3.8) is 0 Å². The second-order valence-corrected chi connectivity index (χ2v) is 4.36. The Morgan fingerprint density at radius 2 is 2.19 bits per heavy atom. The maximum atomic E-state index is 13.4. The lowest BCUT2D eigenvalue weighted by Gasteiger charge is -1.96. The van der Waals surface area contributed by atoms with Crippen molar-refractivity contribution in [3.05, 3.63) is 30.1 Å². The molecule has 0 atom stereocenters. The summed E-state index contributed by atoms with van der Waals surface area (Å²) in [6.45, 7) is 2.09. The number of hydrogen-bond donors (Lipinski definition) is 1. The van der Waals surface area contributed by atoms with E-state index in [4.69, 9.17) is 0 Å². The molecule has 3 nitrogen and oxygen atoms in total. The summed E-state index contributed by atoms with van der Waals surface area (Å²) >= 11 is 1.57. The molecule has 0 aliphatic rings. The van der Waals surface area contributed by atoms with E-state index in [-0.39, 0.29) is 5.82 Å². The summed E-state index contributed by atoms with van der Waals surface area (Å²) in [6, 6.07) is 6.53. The van der Waals surface area contributed by atoms with Crippen LogP contribution in [0.2, 0.25) is 0 Å². The Labute approximate surface area is 97.5 Å². The Morgan fingerprint density at radius 3 is 2.94 bits per heavy atom. The van der Waals surface area contributed by atoms with Crippen LogP contribution in [0.3, 0.4) is 0 Å². The molecule has 0 saturated carbocycles. The molecule has 0 aliphatic carbocycles. The van der Waals surface area contributed by atoms with Gasteiger partial charge < -0.3 is 0 Å². The van der Waals surface area contributed by atoms with Crippen LogP contribution in [0.25, 0.3) is 11.4 Å². The molecule has 0 bridgehead atoms. The van der Waals surface area contributed by atoms with Crippen molar-refractivity contribution in [1.82, 2.24) is 15.2 Å². The number of halogens is 1. The van der Waals surface area contributed by atoms with E-state index < -0.39 is 0 Å². The van der Waals surface area contributed by atoms with Gasteiger partial charge in [-0.15, -0.1) is 5.10 Å². The predicted molar refractivity (Wildman–Crippen MR) is 62.8 cm³/mol. The average Bonchev–Trinajstić information content (AvgIpc) is 2.75. The van der Waals surface area contributed by atoms with Gasteiger partial charge in [0.2, 0.25) is 5.16 Å². The fourth-order valence-electron chi connectivity index (χ4n) is 1.28. The van der Waals surface area contributed by atoms with Gasteiger partial charge in [-0.3, -0.25) is 5.10 Å². The van der Waals surface area contributed by atoms with Crippen LogP contribution >= 0.6 is 11.8 Å². The third kappa shape index (κ3) is 2.41. The molecule has 0 unspecified atom stereocenters. The summed E-state index contributed by atoms with van der Waals surface area (Å²) in [4.78, 5) is 4.24. The predicted octanol–water partition coefficient (Wildman–Crippen LogP) is 3.11. The van der Waals surface area contributed by atoms with Crippen LogP contribution in [0.4, 0.5) is 4.39 Å². The van der Waals surface area contributed by atoms with Crippen LogP contribution in [-0.4, -0.2) is 20.9 Å². The lowest BCUT2D eigenvalue weighted by atomic mass is 10.2. The minimum absolute atomic E-state index is 0.286. The van der Waals surface area contributed by atoms with Gasteiger partial charge in [0.25, 0.3) is 0 Å². The van der Waals surface area contributed by atoms with Gasteiger partial charge >= 0.3 is 0 Å². The molecule has 0 aliphatic heterocycles. The summed E-state index contributed by atoms with van der Waals surface area (Å²) in [5.74, 6) is 1.16. The molecule has 2 aromatic rings. The van der Waals surface area contributed by atoms with Crippen LogP contribution in [0.15, 0.2) is 29.4 Å². The largest absolute Gasteiger partial charge is 0.258 e. The van der Waals surface area contributed by atoms with E-state index >= 15 is 0 Å².